The number of nitrogens with one attached hydrogen (secondary N) is 1. The Hall–Kier alpha value is -0.930. The summed E-state index contributed by atoms with van der Waals surface area (Å²) in [6, 6.07) is 8.38. The van der Waals surface area contributed by atoms with Gasteiger partial charge in [-0.25, -0.2) is 4.39 Å². The third kappa shape index (κ3) is 3.04. The zero-order valence-corrected chi connectivity index (χ0v) is 12.3. The standard InChI is InChI=1S/C17H25FN2/c1-19-12-14-5-2-3-10-20(16-8-9-16)17(14)13-6-4-7-15(18)11-13/h4,6-7,11,14,16-17,19H,2-3,5,8-10,12H2,1H3. The largest absolute Gasteiger partial charge is 0.319 e. The third-order valence-electron chi connectivity index (χ3n) is 4.72. The van der Waals surface area contributed by atoms with Crippen LogP contribution in [0.25, 0.3) is 0 Å². The molecule has 1 aromatic rings. The van der Waals surface area contributed by atoms with Crippen LogP contribution in [-0.2, 0) is 0 Å². The Morgan fingerprint density at radius 3 is 2.80 bits per heavy atom. The topological polar surface area (TPSA) is 15.3 Å². The Morgan fingerprint density at radius 2 is 2.10 bits per heavy atom. The number of hydrogen-bond donors (Lipinski definition) is 1. The molecular formula is C17H25FN2. The first-order valence-electron chi connectivity index (χ1n) is 7.95. The SMILES string of the molecule is CNCC1CCCCN(C2CC2)C1c1cccc(F)c1. The summed E-state index contributed by atoms with van der Waals surface area (Å²) in [6.07, 6.45) is 6.45. The molecule has 0 spiro atoms. The Morgan fingerprint density at radius 1 is 1.25 bits per heavy atom. The first-order chi connectivity index (χ1) is 9.79. The predicted octanol–water partition coefficient (Wildman–Crippen LogP) is 3.35. The van der Waals surface area contributed by atoms with Crippen molar-refractivity contribution in [2.24, 2.45) is 5.92 Å². The monoisotopic (exact) mass is 276 g/mol. The first kappa shape index (κ1) is 14.0. The van der Waals surface area contributed by atoms with Gasteiger partial charge in [-0.05, 0) is 69.4 Å². The van der Waals surface area contributed by atoms with Crippen LogP contribution in [0.4, 0.5) is 4.39 Å². The maximum absolute atomic E-state index is 13.6. The van der Waals surface area contributed by atoms with Crippen molar-refractivity contribution in [3.05, 3.63) is 35.6 Å². The van der Waals surface area contributed by atoms with Gasteiger partial charge in [0.05, 0.1) is 0 Å². The normalized spacial score (nSPS) is 28.3. The number of halogens is 1. The molecule has 0 radical (unpaired) electrons. The van der Waals surface area contributed by atoms with E-state index in [9.17, 15) is 4.39 Å². The lowest BCUT2D eigenvalue weighted by Gasteiger charge is -2.35. The maximum atomic E-state index is 13.6. The van der Waals surface area contributed by atoms with Crippen LogP contribution in [0.3, 0.4) is 0 Å². The average molecular weight is 276 g/mol. The molecule has 0 bridgehead atoms. The van der Waals surface area contributed by atoms with Crippen LogP contribution in [-0.4, -0.2) is 31.1 Å². The van der Waals surface area contributed by atoms with Gasteiger partial charge in [0.25, 0.3) is 0 Å². The molecule has 3 heteroatoms. The fourth-order valence-corrected chi connectivity index (χ4v) is 3.71. The van der Waals surface area contributed by atoms with E-state index in [2.05, 4.69) is 16.3 Å². The minimum atomic E-state index is -0.106. The first-order valence-corrected chi connectivity index (χ1v) is 7.95. The van der Waals surface area contributed by atoms with Gasteiger partial charge >= 0.3 is 0 Å². The van der Waals surface area contributed by atoms with E-state index in [0.29, 0.717) is 12.0 Å². The van der Waals surface area contributed by atoms with Crippen LogP contribution in [0.5, 0.6) is 0 Å². The number of hydrogen-bond acceptors (Lipinski definition) is 2. The molecule has 1 saturated heterocycles. The van der Waals surface area contributed by atoms with Crippen LogP contribution in [0.2, 0.25) is 0 Å². The number of likely N-dealkylation sites (tertiary alicyclic amines) is 1. The number of rotatable bonds is 4. The molecular weight excluding hydrogens is 251 g/mol. The summed E-state index contributed by atoms with van der Waals surface area (Å²) in [5.74, 6) is 0.482. The lowest BCUT2D eigenvalue weighted by Crippen LogP contribution is -2.37. The van der Waals surface area contributed by atoms with E-state index < -0.39 is 0 Å². The minimum Gasteiger partial charge on any atom is -0.319 e. The highest BCUT2D eigenvalue weighted by Crippen LogP contribution is 2.41. The fourth-order valence-electron chi connectivity index (χ4n) is 3.71. The second-order valence-electron chi connectivity index (χ2n) is 6.28. The van der Waals surface area contributed by atoms with Gasteiger partial charge in [-0.15, -0.1) is 0 Å². The average Bonchev–Trinajstić information content (AvgIpc) is 3.25. The van der Waals surface area contributed by atoms with Crippen molar-refractivity contribution in [2.45, 2.75) is 44.2 Å². The molecule has 1 aliphatic heterocycles. The van der Waals surface area contributed by atoms with Gasteiger partial charge in [-0.2, -0.15) is 0 Å². The van der Waals surface area contributed by atoms with Gasteiger partial charge in [0.1, 0.15) is 5.82 Å². The second-order valence-corrected chi connectivity index (χ2v) is 6.28. The van der Waals surface area contributed by atoms with Crippen molar-refractivity contribution >= 4 is 0 Å². The van der Waals surface area contributed by atoms with E-state index in [1.807, 2.05) is 13.1 Å². The highest BCUT2D eigenvalue weighted by atomic mass is 19.1. The van der Waals surface area contributed by atoms with E-state index in [0.717, 1.165) is 12.6 Å². The molecule has 1 heterocycles. The summed E-state index contributed by atoms with van der Waals surface area (Å²) in [7, 11) is 2.02. The molecule has 110 valence electrons. The Labute approximate surface area is 121 Å². The van der Waals surface area contributed by atoms with Crippen molar-refractivity contribution in [3.8, 4) is 0 Å². The molecule has 1 aromatic carbocycles. The molecule has 2 aliphatic rings. The van der Waals surface area contributed by atoms with Gasteiger partial charge in [0.2, 0.25) is 0 Å². The van der Waals surface area contributed by atoms with Gasteiger partial charge in [-0.1, -0.05) is 18.6 Å². The summed E-state index contributed by atoms with van der Waals surface area (Å²) in [6.45, 7) is 2.19. The molecule has 2 atom stereocenters. The predicted molar refractivity (Wildman–Crippen MR) is 80.1 cm³/mol. The van der Waals surface area contributed by atoms with Crippen LogP contribution >= 0.6 is 0 Å². The lowest BCUT2D eigenvalue weighted by atomic mass is 9.89. The van der Waals surface area contributed by atoms with Crippen LogP contribution in [0, 0.1) is 11.7 Å². The molecule has 0 aromatic heterocycles. The fraction of sp³-hybridized carbons (Fsp3) is 0.647. The highest BCUT2D eigenvalue weighted by Gasteiger charge is 2.39. The minimum absolute atomic E-state index is 0.106. The number of nitrogens with zero attached hydrogens (tertiary/aromatic N) is 1. The Balaban J connectivity index is 1.92. The van der Waals surface area contributed by atoms with Gasteiger partial charge in [0.15, 0.2) is 0 Å². The van der Waals surface area contributed by atoms with Crippen molar-refractivity contribution in [3.63, 3.8) is 0 Å². The van der Waals surface area contributed by atoms with Crippen LogP contribution in [0.1, 0.15) is 43.7 Å². The molecule has 1 aliphatic carbocycles. The number of benzene rings is 1. The van der Waals surface area contributed by atoms with Crippen molar-refractivity contribution < 1.29 is 4.39 Å². The van der Waals surface area contributed by atoms with E-state index in [1.165, 1.54) is 44.2 Å². The van der Waals surface area contributed by atoms with E-state index in [4.69, 9.17) is 0 Å². The molecule has 2 fully saturated rings. The van der Waals surface area contributed by atoms with Crippen LogP contribution < -0.4 is 5.32 Å². The van der Waals surface area contributed by atoms with E-state index in [1.54, 1.807) is 12.1 Å². The summed E-state index contributed by atoms with van der Waals surface area (Å²) in [5, 5.41) is 3.34. The van der Waals surface area contributed by atoms with E-state index in [-0.39, 0.29) is 5.82 Å². The lowest BCUT2D eigenvalue weighted by molar-refractivity contribution is 0.145. The molecule has 1 N–H and O–H groups in total. The Kier molecular flexibility index (Phi) is 4.37. The van der Waals surface area contributed by atoms with E-state index >= 15 is 0 Å². The maximum Gasteiger partial charge on any atom is 0.123 e. The van der Waals surface area contributed by atoms with Gasteiger partial charge in [-0.3, -0.25) is 4.90 Å². The zero-order chi connectivity index (χ0) is 13.9. The molecule has 3 rings (SSSR count). The van der Waals surface area contributed by atoms with Crippen LogP contribution in [0.15, 0.2) is 24.3 Å². The van der Waals surface area contributed by atoms with Crippen molar-refractivity contribution in [2.75, 3.05) is 20.1 Å². The summed E-state index contributed by atoms with van der Waals surface area (Å²) in [4.78, 5) is 2.66. The summed E-state index contributed by atoms with van der Waals surface area (Å²) < 4.78 is 13.6. The third-order valence-corrected chi connectivity index (χ3v) is 4.72. The van der Waals surface area contributed by atoms with Crippen molar-refractivity contribution in [1.82, 2.24) is 10.2 Å². The molecule has 2 unspecified atom stereocenters. The summed E-state index contributed by atoms with van der Waals surface area (Å²) in [5.41, 5.74) is 1.17. The highest BCUT2D eigenvalue weighted by molar-refractivity contribution is 5.22. The molecule has 1 saturated carbocycles. The molecule has 0 amide bonds. The van der Waals surface area contributed by atoms with Gasteiger partial charge < -0.3 is 5.32 Å². The smallest absolute Gasteiger partial charge is 0.123 e. The summed E-state index contributed by atoms with van der Waals surface area (Å²) >= 11 is 0. The zero-order valence-electron chi connectivity index (χ0n) is 12.3. The molecule has 20 heavy (non-hydrogen) atoms. The Bertz CT molecular complexity index is 444. The van der Waals surface area contributed by atoms with Crippen molar-refractivity contribution in [1.29, 1.82) is 0 Å². The second kappa shape index (κ2) is 6.23. The molecule has 2 nitrogen and oxygen atoms in total. The van der Waals surface area contributed by atoms with Gasteiger partial charge in [0, 0.05) is 12.1 Å². The quantitative estimate of drug-likeness (QED) is 0.907.